The maximum atomic E-state index is 12.4. The Hall–Kier alpha value is -1.62. The lowest BCUT2D eigenvalue weighted by Gasteiger charge is -2.44. The topological polar surface area (TPSA) is 62.4 Å². The number of rotatable bonds is 1. The smallest absolute Gasteiger partial charge is 0.255 e. The number of amides is 1. The quantitative estimate of drug-likeness (QED) is 0.809. The van der Waals surface area contributed by atoms with Crippen molar-refractivity contribution in [1.82, 2.24) is 9.88 Å². The summed E-state index contributed by atoms with van der Waals surface area (Å²) in [5.41, 5.74) is -0.0439. The van der Waals surface area contributed by atoms with Gasteiger partial charge in [0.2, 0.25) is 5.56 Å². The van der Waals surface area contributed by atoms with E-state index in [4.69, 9.17) is 4.74 Å². The fourth-order valence-corrected chi connectivity index (χ4v) is 2.04. The molecule has 1 fully saturated rings. The van der Waals surface area contributed by atoms with Gasteiger partial charge in [0.05, 0.1) is 23.8 Å². The van der Waals surface area contributed by atoms with Gasteiger partial charge in [-0.15, -0.1) is 0 Å². The van der Waals surface area contributed by atoms with Crippen molar-refractivity contribution in [2.75, 3.05) is 13.2 Å². The van der Waals surface area contributed by atoms with Crippen LogP contribution in [0.15, 0.2) is 23.1 Å². The maximum Gasteiger partial charge on any atom is 0.255 e. The summed E-state index contributed by atoms with van der Waals surface area (Å²) in [6.07, 6.45) is 1.49. The molecule has 1 aromatic heterocycles. The molecule has 0 radical (unpaired) electrons. The van der Waals surface area contributed by atoms with Crippen LogP contribution < -0.4 is 5.56 Å². The molecule has 1 amide bonds. The van der Waals surface area contributed by atoms with Crippen LogP contribution in [0.25, 0.3) is 0 Å². The molecule has 98 valence electrons. The molecule has 0 bridgehead atoms. The molecule has 5 heteroatoms. The zero-order valence-corrected chi connectivity index (χ0v) is 10.9. The van der Waals surface area contributed by atoms with Crippen LogP contribution in [0.5, 0.6) is 0 Å². The summed E-state index contributed by atoms with van der Waals surface area (Å²) in [6.45, 7) is 6.97. The highest BCUT2D eigenvalue weighted by Crippen LogP contribution is 2.23. The first kappa shape index (κ1) is 12.8. The number of aromatic nitrogens is 1. The highest BCUT2D eigenvalue weighted by atomic mass is 16.5. The molecule has 0 aromatic carbocycles. The van der Waals surface area contributed by atoms with Crippen LogP contribution in [0, 0.1) is 0 Å². The number of ether oxygens (including phenoxy) is 1. The zero-order valence-electron chi connectivity index (χ0n) is 10.9. The van der Waals surface area contributed by atoms with Crippen molar-refractivity contribution in [1.29, 1.82) is 0 Å². The number of nitrogens with zero attached hydrogens (tertiary/aromatic N) is 1. The molecule has 1 N–H and O–H groups in total. The number of carbonyl (C=O) groups is 1. The van der Waals surface area contributed by atoms with Crippen molar-refractivity contribution in [3.63, 3.8) is 0 Å². The van der Waals surface area contributed by atoms with Crippen molar-refractivity contribution in [3.05, 3.63) is 34.2 Å². The van der Waals surface area contributed by atoms with Crippen LogP contribution in [-0.2, 0) is 4.74 Å². The van der Waals surface area contributed by atoms with Crippen molar-refractivity contribution in [2.45, 2.75) is 32.4 Å². The highest BCUT2D eigenvalue weighted by Gasteiger charge is 2.37. The van der Waals surface area contributed by atoms with Crippen LogP contribution in [0.4, 0.5) is 0 Å². The van der Waals surface area contributed by atoms with E-state index >= 15 is 0 Å². The molecule has 2 heterocycles. The summed E-state index contributed by atoms with van der Waals surface area (Å²) in [6, 6.07) is 2.92. The molecule has 1 atom stereocenters. The molecule has 1 saturated heterocycles. The second-order valence-corrected chi connectivity index (χ2v) is 5.29. The zero-order chi connectivity index (χ0) is 13.3. The third-order valence-electron chi connectivity index (χ3n) is 3.17. The molecule has 0 spiro atoms. The van der Waals surface area contributed by atoms with Crippen LogP contribution in [0.3, 0.4) is 0 Å². The Morgan fingerprint density at radius 3 is 2.83 bits per heavy atom. The second kappa shape index (κ2) is 4.57. The molecule has 0 aliphatic carbocycles. The lowest BCUT2D eigenvalue weighted by Crippen LogP contribution is -2.57. The largest absolute Gasteiger partial charge is 0.374 e. The van der Waals surface area contributed by atoms with Gasteiger partial charge in [0.1, 0.15) is 0 Å². The predicted molar refractivity (Wildman–Crippen MR) is 67.6 cm³/mol. The molecule has 1 aromatic rings. The van der Waals surface area contributed by atoms with Crippen molar-refractivity contribution in [2.24, 2.45) is 0 Å². The van der Waals surface area contributed by atoms with Crippen LogP contribution in [0.2, 0.25) is 0 Å². The Bertz CT molecular complexity index is 487. The average molecular weight is 250 g/mol. The van der Waals surface area contributed by atoms with Gasteiger partial charge in [-0.2, -0.15) is 0 Å². The van der Waals surface area contributed by atoms with Gasteiger partial charge in [-0.05, 0) is 26.8 Å². The van der Waals surface area contributed by atoms with Crippen LogP contribution >= 0.6 is 0 Å². The van der Waals surface area contributed by atoms with Crippen LogP contribution in [-0.4, -0.2) is 40.6 Å². The summed E-state index contributed by atoms with van der Waals surface area (Å²) in [7, 11) is 0. The second-order valence-electron chi connectivity index (χ2n) is 5.29. The minimum Gasteiger partial charge on any atom is -0.374 e. The Labute approximate surface area is 106 Å². The predicted octanol–water partition coefficient (Wildman–Crippen LogP) is 1.01. The van der Waals surface area contributed by atoms with Crippen molar-refractivity contribution < 1.29 is 9.53 Å². The normalized spacial score (nSPS) is 22.8. The van der Waals surface area contributed by atoms with E-state index in [1.54, 1.807) is 11.0 Å². The Kier molecular flexibility index (Phi) is 3.26. The van der Waals surface area contributed by atoms with Gasteiger partial charge in [-0.25, -0.2) is 0 Å². The van der Waals surface area contributed by atoms with Crippen LogP contribution in [0.1, 0.15) is 31.1 Å². The molecule has 1 aliphatic heterocycles. The van der Waals surface area contributed by atoms with Gasteiger partial charge in [0.15, 0.2) is 0 Å². The highest BCUT2D eigenvalue weighted by molar-refractivity contribution is 5.94. The van der Waals surface area contributed by atoms with E-state index in [0.29, 0.717) is 18.7 Å². The van der Waals surface area contributed by atoms with Gasteiger partial charge in [-0.1, -0.05) is 0 Å². The van der Waals surface area contributed by atoms with Gasteiger partial charge in [0, 0.05) is 18.8 Å². The number of morpholine rings is 1. The molecule has 0 saturated carbocycles. The minimum absolute atomic E-state index is 0.0322. The molecule has 1 unspecified atom stereocenters. The van der Waals surface area contributed by atoms with Gasteiger partial charge >= 0.3 is 0 Å². The lowest BCUT2D eigenvalue weighted by molar-refractivity contribution is -0.0756. The van der Waals surface area contributed by atoms with E-state index in [1.807, 2.05) is 20.8 Å². The number of H-pyrrole nitrogens is 1. The first-order valence-electron chi connectivity index (χ1n) is 6.02. The summed E-state index contributed by atoms with van der Waals surface area (Å²) < 4.78 is 5.58. The summed E-state index contributed by atoms with van der Waals surface area (Å²) in [5, 5.41) is 0. The lowest BCUT2D eigenvalue weighted by atomic mass is 10.00. The van der Waals surface area contributed by atoms with Gasteiger partial charge < -0.3 is 14.6 Å². The molecule has 1 aliphatic rings. The Morgan fingerprint density at radius 2 is 2.22 bits per heavy atom. The third-order valence-corrected chi connectivity index (χ3v) is 3.17. The molecular weight excluding hydrogens is 232 g/mol. The Morgan fingerprint density at radius 1 is 1.50 bits per heavy atom. The van der Waals surface area contributed by atoms with Gasteiger partial charge in [0.25, 0.3) is 5.91 Å². The van der Waals surface area contributed by atoms with E-state index in [1.165, 1.54) is 12.3 Å². The maximum absolute atomic E-state index is 12.4. The van der Waals surface area contributed by atoms with Crippen molar-refractivity contribution in [3.8, 4) is 0 Å². The molecule has 18 heavy (non-hydrogen) atoms. The summed E-state index contributed by atoms with van der Waals surface area (Å²) in [5.74, 6) is -0.0774. The number of carbonyl (C=O) groups excluding carboxylic acids is 1. The minimum atomic E-state index is -0.334. The van der Waals surface area contributed by atoms with E-state index in [-0.39, 0.29) is 23.1 Å². The van der Waals surface area contributed by atoms with E-state index in [2.05, 4.69) is 4.98 Å². The Balaban J connectivity index is 2.26. The van der Waals surface area contributed by atoms with E-state index in [0.717, 1.165) is 0 Å². The van der Waals surface area contributed by atoms with Crippen molar-refractivity contribution >= 4 is 5.91 Å². The first-order valence-corrected chi connectivity index (χ1v) is 6.02. The van der Waals surface area contributed by atoms with E-state index in [9.17, 15) is 9.59 Å². The fourth-order valence-electron chi connectivity index (χ4n) is 2.04. The number of hydrogen-bond acceptors (Lipinski definition) is 3. The van der Waals surface area contributed by atoms with E-state index < -0.39 is 0 Å². The molecular formula is C13H18N2O3. The summed E-state index contributed by atoms with van der Waals surface area (Å²) in [4.78, 5) is 27.7. The SMILES string of the molecule is CC1CN(C(=O)c2ccc(=O)[nH]c2)C(C)(C)CO1. The number of pyridine rings is 1. The first-order chi connectivity index (χ1) is 8.40. The number of aromatic amines is 1. The fraction of sp³-hybridized carbons (Fsp3) is 0.538. The molecule has 2 rings (SSSR count). The number of hydrogen-bond donors (Lipinski definition) is 1. The molecule has 5 nitrogen and oxygen atoms in total. The monoisotopic (exact) mass is 250 g/mol. The van der Waals surface area contributed by atoms with Gasteiger partial charge in [-0.3, -0.25) is 9.59 Å². The third kappa shape index (κ3) is 2.46. The standard InChI is InChI=1S/C13H18N2O3/c1-9-7-15(13(2,3)8-18-9)12(17)10-4-5-11(16)14-6-10/h4-6,9H,7-8H2,1-3H3,(H,14,16). The number of nitrogens with one attached hydrogen (secondary N) is 1. The average Bonchev–Trinajstić information content (AvgIpc) is 2.32. The summed E-state index contributed by atoms with van der Waals surface area (Å²) >= 11 is 0.